The van der Waals surface area contributed by atoms with E-state index in [1.165, 1.54) is 18.0 Å². The second-order valence-electron chi connectivity index (χ2n) is 3.08. The van der Waals surface area contributed by atoms with Gasteiger partial charge in [0.25, 0.3) is 0 Å². The van der Waals surface area contributed by atoms with Gasteiger partial charge in [-0.2, -0.15) is 0 Å². The van der Waals surface area contributed by atoms with E-state index in [4.69, 9.17) is 5.73 Å². The van der Waals surface area contributed by atoms with Crippen molar-refractivity contribution in [2.24, 2.45) is 0 Å². The Balaban J connectivity index is 2.62. The number of nitrogens with zero attached hydrogens (tertiary/aromatic N) is 3. The number of rotatable bonds is 2. The molecule has 0 radical (unpaired) electrons. The molecule has 6 nitrogen and oxygen atoms in total. The molecule has 0 saturated carbocycles. The van der Waals surface area contributed by atoms with Gasteiger partial charge in [0.15, 0.2) is 0 Å². The Morgan fingerprint density at radius 3 is 2.94 bits per heavy atom. The van der Waals surface area contributed by atoms with Crippen LogP contribution in [0.3, 0.4) is 0 Å². The van der Waals surface area contributed by atoms with Gasteiger partial charge in [0.05, 0.1) is 25.2 Å². The summed E-state index contributed by atoms with van der Waals surface area (Å²) in [5, 5.41) is 7.48. The smallest absolute Gasteiger partial charge is 0.342 e. The van der Waals surface area contributed by atoms with Crippen LogP contribution < -0.4 is 5.73 Å². The Bertz CT molecular complexity index is 508. The van der Waals surface area contributed by atoms with Crippen molar-refractivity contribution in [3.05, 3.63) is 36.2 Å². The number of ether oxygens (including phenoxy) is 1. The van der Waals surface area contributed by atoms with Crippen molar-refractivity contribution in [2.45, 2.75) is 0 Å². The molecule has 0 saturated heterocycles. The second kappa shape index (κ2) is 4.01. The molecule has 1 heterocycles. The van der Waals surface area contributed by atoms with E-state index in [1.54, 1.807) is 24.4 Å². The highest BCUT2D eigenvalue weighted by molar-refractivity contribution is 5.98. The van der Waals surface area contributed by atoms with E-state index in [0.717, 1.165) is 0 Å². The quantitative estimate of drug-likeness (QED) is 0.590. The van der Waals surface area contributed by atoms with E-state index in [-0.39, 0.29) is 5.56 Å². The van der Waals surface area contributed by atoms with Gasteiger partial charge in [-0.1, -0.05) is 11.3 Å². The first-order chi connectivity index (χ1) is 7.74. The average molecular weight is 218 g/mol. The van der Waals surface area contributed by atoms with Crippen molar-refractivity contribution in [3.63, 3.8) is 0 Å². The third kappa shape index (κ3) is 1.60. The maximum absolute atomic E-state index is 11.6. The first-order valence-electron chi connectivity index (χ1n) is 4.57. The van der Waals surface area contributed by atoms with Crippen LogP contribution in [0.2, 0.25) is 0 Å². The number of nitrogens with two attached hydrogens (primary N) is 1. The summed E-state index contributed by atoms with van der Waals surface area (Å²) in [6.45, 7) is 0. The normalized spacial score (nSPS) is 10.1. The fraction of sp³-hybridized carbons (Fsp3) is 0.100. The highest BCUT2D eigenvalue weighted by Crippen LogP contribution is 2.20. The Morgan fingerprint density at radius 2 is 2.31 bits per heavy atom. The second-order valence-corrected chi connectivity index (χ2v) is 3.08. The SMILES string of the molecule is COC(=O)c1c(N)cccc1-n1ccnn1. The van der Waals surface area contributed by atoms with E-state index in [0.29, 0.717) is 11.4 Å². The zero-order chi connectivity index (χ0) is 11.5. The molecule has 82 valence electrons. The lowest BCUT2D eigenvalue weighted by atomic mass is 10.1. The minimum atomic E-state index is -0.497. The van der Waals surface area contributed by atoms with Crippen LogP contribution >= 0.6 is 0 Å². The number of carbonyl (C=O) groups is 1. The molecule has 0 aliphatic heterocycles. The van der Waals surface area contributed by atoms with Crippen molar-refractivity contribution >= 4 is 11.7 Å². The summed E-state index contributed by atoms with van der Waals surface area (Å²) >= 11 is 0. The number of nitrogen functional groups attached to an aromatic ring is 1. The molecule has 2 rings (SSSR count). The largest absolute Gasteiger partial charge is 0.465 e. The number of esters is 1. The molecule has 0 spiro atoms. The van der Waals surface area contributed by atoms with Crippen molar-refractivity contribution in [2.75, 3.05) is 12.8 Å². The highest BCUT2D eigenvalue weighted by atomic mass is 16.5. The number of benzene rings is 1. The fourth-order valence-corrected chi connectivity index (χ4v) is 1.41. The topological polar surface area (TPSA) is 83.0 Å². The van der Waals surface area contributed by atoms with E-state index in [9.17, 15) is 4.79 Å². The van der Waals surface area contributed by atoms with Crippen LogP contribution in [-0.2, 0) is 4.74 Å². The van der Waals surface area contributed by atoms with E-state index >= 15 is 0 Å². The van der Waals surface area contributed by atoms with Gasteiger partial charge in [-0.05, 0) is 12.1 Å². The van der Waals surface area contributed by atoms with Crippen LogP contribution in [0.5, 0.6) is 0 Å². The lowest BCUT2D eigenvalue weighted by Crippen LogP contribution is -2.11. The number of hydrogen-bond acceptors (Lipinski definition) is 5. The molecule has 0 unspecified atom stereocenters. The minimum absolute atomic E-state index is 0.288. The van der Waals surface area contributed by atoms with Gasteiger partial charge in [-0.15, -0.1) is 5.10 Å². The van der Waals surface area contributed by atoms with Crippen molar-refractivity contribution in [1.82, 2.24) is 15.0 Å². The summed E-state index contributed by atoms with van der Waals surface area (Å²) in [6.07, 6.45) is 3.14. The molecule has 0 fully saturated rings. The van der Waals surface area contributed by atoms with Gasteiger partial charge in [0.1, 0.15) is 5.56 Å². The third-order valence-electron chi connectivity index (χ3n) is 2.13. The lowest BCUT2D eigenvalue weighted by Gasteiger charge is -2.09. The zero-order valence-corrected chi connectivity index (χ0v) is 8.62. The molecule has 2 aromatic rings. The predicted octanol–water partition coefficient (Wildman–Crippen LogP) is 0.636. The molecular formula is C10H10N4O2. The summed E-state index contributed by atoms with van der Waals surface area (Å²) in [4.78, 5) is 11.6. The number of carbonyl (C=O) groups excluding carboxylic acids is 1. The van der Waals surface area contributed by atoms with Crippen LogP contribution in [0, 0.1) is 0 Å². The van der Waals surface area contributed by atoms with Gasteiger partial charge < -0.3 is 10.5 Å². The standard InChI is InChI=1S/C10H10N4O2/c1-16-10(15)9-7(11)3-2-4-8(9)14-6-5-12-13-14/h2-6H,11H2,1H3. The number of aromatic nitrogens is 3. The Morgan fingerprint density at radius 1 is 1.50 bits per heavy atom. The molecular weight excluding hydrogens is 208 g/mol. The molecule has 1 aromatic heterocycles. The van der Waals surface area contributed by atoms with Gasteiger partial charge >= 0.3 is 5.97 Å². The Labute approximate surface area is 91.6 Å². The predicted molar refractivity (Wildman–Crippen MR) is 57.1 cm³/mol. The average Bonchev–Trinajstić information content (AvgIpc) is 2.81. The molecule has 1 aromatic carbocycles. The maximum atomic E-state index is 11.6. The third-order valence-corrected chi connectivity index (χ3v) is 2.13. The molecule has 16 heavy (non-hydrogen) atoms. The van der Waals surface area contributed by atoms with Gasteiger partial charge in [-0.3, -0.25) is 0 Å². The summed E-state index contributed by atoms with van der Waals surface area (Å²) in [5.74, 6) is -0.497. The number of anilines is 1. The summed E-state index contributed by atoms with van der Waals surface area (Å²) < 4.78 is 6.14. The summed E-state index contributed by atoms with van der Waals surface area (Å²) in [5.41, 5.74) is 6.92. The summed E-state index contributed by atoms with van der Waals surface area (Å²) in [6, 6.07) is 5.09. The van der Waals surface area contributed by atoms with Crippen LogP contribution in [0.1, 0.15) is 10.4 Å². The van der Waals surface area contributed by atoms with Crippen LogP contribution in [0.4, 0.5) is 5.69 Å². The maximum Gasteiger partial charge on any atom is 0.342 e. The van der Waals surface area contributed by atoms with Gasteiger partial charge in [0.2, 0.25) is 0 Å². The van der Waals surface area contributed by atoms with E-state index in [1.807, 2.05) is 0 Å². The van der Waals surface area contributed by atoms with E-state index < -0.39 is 5.97 Å². The first kappa shape index (κ1) is 10.2. The molecule has 0 amide bonds. The van der Waals surface area contributed by atoms with Gasteiger partial charge in [0, 0.05) is 5.69 Å². The monoisotopic (exact) mass is 218 g/mol. The van der Waals surface area contributed by atoms with Crippen molar-refractivity contribution < 1.29 is 9.53 Å². The Kier molecular flexibility index (Phi) is 2.55. The number of hydrogen-bond donors (Lipinski definition) is 1. The molecule has 6 heteroatoms. The van der Waals surface area contributed by atoms with Crippen LogP contribution in [0.25, 0.3) is 5.69 Å². The zero-order valence-electron chi connectivity index (χ0n) is 8.62. The van der Waals surface area contributed by atoms with Gasteiger partial charge in [-0.25, -0.2) is 9.48 Å². The van der Waals surface area contributed by atoms with E-state index in [2.05, 4.69) is 15.0 Å². The van der Waals surface area contributed by atoms with Crippen LogP contribution in [0.15, 0.2) is 30.6 Å². The molecule has 0 bridgehead atoms. The number of methoxy groups -OCH3 is 1. The Hall–Kier alpha value is -2.37. The van der Waals surface area contributed by atoms with Crippen LogP contribution in [-0.4, -0.2) is 28.1 Å². The summed E-state index contributed by atoms with van der Waals surface area (Å²) in [7, 11) is 1.31. The van der Waals surface area contributed by atoms with Crippen molar-refractivity contribution in [1.29, 1.82) is 0 Å². The molecule has 0 aliphatic rings. The fourth-order valence-electron chi connectivity index (χ4n) is 1.41. The molecule has 0 atom stereocenters. The molecule has 2 N–H and O–H groups in total. The highest BCUT2D eigenvalue weighted by Gasteiger charge is 2.16. The lowest BCUT2D eigenvalue weighted by molar-refractivity contribution is 0.0602. The molecule has 0 aliphatic carbocycles. The minimum Gasteiger partial charge on any atom is -0.465 e. The first-order valence-corrected chi connectivity index (χ1v) is 4.57. The van der Waals surface area contributed by atoms with Crippen molar-refractivity contribution in [3.8, 4) is 5.69 Å².